The van der Waals surface area contributed by atoms with Crippen molar-refractivity contribution in [2.24, 2.45) is 0 Å². The normalized spacial score (nSPS) is 11.0. The van der Waals surface area contributed by atoms with Crippen molar-refractivity contribution < 1.29 is 4.79 Å². The first-order valence-corrected chi connectivity index (χ1v) is 11.0. The molecule has 0 aliphatic rings. The first-order valence-electron chi connectivity index (χ1n) is 9.87. The number of hydrogen-bond acceptors (Lipinski definition) is 3. The lowest BCUT2D eigenvalue weighted by Crippen LogP contribution is -2.14. The van der Waals surface area contributed by atoms with E-state index in [4.69, 9.17) is 34.8 Å². The van der Waals surface area contributed by atoms with Crippen LogP contribution in [-0.2, 0) is 13.1 Å². The summed E-state index contributed by atoms with van der Waals surface area (Å²) >= 11 is 18.8. The second-order valence-electron chi connectivity index (χ2n) is 7.46. The second-order valence-corrected chi connectivity index (χ2v) is 8.68. The molecule has 0 unspecified atom stereocenters. The molecule has 0 spiro atoms. The Kier molecular flexibility index (Phi) is 6.55. The van der Waals surface area contributed by atoms with Gasteiger partial charge in [0.1, 0.15) is 5.02 Å². The highest BCUT2D eigenvalue weighted by Crippen LogP contribution is 2.27. The molecule has 4 aromatic rings. The van der Waals surface area contributed by atoms with Gasteiger partial charge in [-0.1, -0.05) is 53.0 Å². The fraction of sp³-hybridized carbons (Fsp3) is 0.174. The largest absolute Gasteiger partial charge is 0.304 e. The van der Waals surface area contributed by atoms with E-state index in [1.165, 1.54) is 0 Å². The minimum Gasteiger partial charge on any atom is -0.304 e. The van der Waals surface area contributed by atoms with E-state index in [2.05, 4.69) is 15.5 Å². The predicted molar refractivity (Wildman–Crippen MR) is 128 cm³/mol. The van der Waals surface area contributed by atoms with E-state index in [1.54, 1.807) is 35.1 Å². The molecule has 2 heterocycles. The zero-order valence-corrected chi connectivity index (χ0v) is 19.7. The number of aromatic nitrogens is 4. The Hall–Kier alpha value is -2.80. The quantitative estimate of drug-likeness (QED) is 0.362. The van der Waals surface area contributed by atoms with Gasteiger partial charge in [-0.25, -0.2) is 0 Å². The Morgan fingerprint density at radius 2 is 1.66 bits per heavy atom. The van der Waals surface area contributed by atoms with Crippen molar-refractivity contribution in [3.8, 4) is 0 Å². The molecular formula is C23H20Cl3N5O. The smallest absolute Gasteiger partial charge is 0.256 e. The lowest BCUT2D eigenvalue weighted by atomic mass is 10.1. The average molecular weight is 489 g/mol. The predicted octanol–water partition coefficient (Wildman–Crippen LogP) is 6.01. The fourth-order valence-electron chi connectivity index (χ4n) is 3.41. The number of hydrogen-bond donors (Lipinski definition) is 1. The summed E-state index contributed by atoms with van der Waals surface area (Å²) in [5, 5.41) is 13.0. The highest BCUT2D eigenvalue weighted by Gasteiger charge is 2.15. The van der Waals surface area contributed by atoms with E-state index in [0.29, 0.717) is 33.7 Å². The molecule has 0 saturated heterocycles. The summed E-state index contributed by atoms with van der Waals surface area (Å²) in [6.45, 7) is 4.86. The summed E-state index contributed by atoms with van der Waals surface area (Å²) < 4.78 is 3.50. The van der Waals surface area contributed by atoms with Gasteiger partial charge in [-0.2, -0.15) is 10.2 Å². The molecule has 4 rings (SSSR count). The van der Waals surface area contributed by atoms with E-state index in [1.807, 2.05) is 42.8 Å². The third-order valence-corrected chi connectivity index (χ3v) is 5.94. The Labute approximate surface area is 200 Å². The van der Waals surface area contributed by atoms with Crippen molar-refractivity contribution in [2.45, 2.75) is 26.9 Å². The van der Waals surface area contributed by atoms with Gasteiger partial charge in [-0.3, -0.25) is 14.2 Å². The van der Waals surface area contributed by atoms with Crippen LogP contribution in [0.3, 0.4) is 0 Å². The Bertz CT molecular complexity index is 1270. The molecule has 32 heavy (non-hydrogen) atoms. The van der Waals surface area contributed by atoms with Gasteiger partial charge >= 0.3 is 0 Å². The molecule has 164 valence electrons. The summed E-state index contributed by atoms with van der Waals surface area (Å²) in [6, 6.07) is 14.7. The zero-order valence-electron chi connectivity index (χ0n) is 17.4. The van der Waals surface area contributed by atoms with E-state index in [9.17, 15) is 4.79 Å². The monoisotopic (exact) mass is 487 g/mol. The van der Waals surface area contributed by atoms with Crippen LogP contribution in [0.15, 0.2) is 54.7 Å². The number of aryl methyl sites for hydroxylation is 2. The third-order valence-electron chi connectivity index (χ3n) is 4.96. The van der Waals surface area contributed by atoms with Gasteiger partial charge in [-0.05, 0) is 49.7 Å². The maximum absolute atomic E-state index is 12.8. The SMILES string of the molecule is Cc1cc(C)n(Cc2cccc(C(=O)Nc3nn(Cc4c(Cl)cccc4Cl)cc3Cl)c2)n1. The average Bonchev–Trinajstić information content (AvgIpc) is 3.25. The summed E-state index contributed by atoms with van der Waals surface area (Å²) in [5.74, 6) is -0.0352. The standard InChI is InChI=1S/C23H20Cl3N5O/c1-14-9-15(2)31(28-14)11-16-5-3-6-17(10-16)23(32)27-22-21(26)13-30(29-22)12-18-19(24)7-4-8-20(18)25/h3-10,13H,11-12H2,1-2H3,(H,27,29,32). The molecule has 1 N–H and O–H groups in total. The third kappa shape index (κ3) is 4.99. The number of carbonyl (C=O) groups excluding carboxylic acids is 1. The van der Waals surface area contributed by atoms with Crippen molar-refractivity contribution in [1.29, 1.82) is 0 Å². The number of amides is 1. The van der Waals surface area contributed by atoms with Gasteiger partial charge in [0.15, 0.2) is 5.82 Å². The molecule has 2 aromatic carbocycles. The van der Waals surface area contributed by atoms with Crippen LogP contribution < -0.4 is 5.32 Å². The summed E-state index contributed by atoms with van der Waals surface area (Å²) in [7, 11) is 0. The number of nitrogens with one attached hydrogen (secondary N) is 1. The molecule has 1 amide bonds. The van der Waals surface area contributed by atoms with E-state index in [-0.39, 0.29) is 11.7 Å². The van der Waals surface area contributed by atoms with Gasteiger partial charge in [-0.15, -0.1) is 0 Å². The molecule has 0 fully saturated rings. The molecular weight excluding hydrogens is 469 g/mol. The number of halogens is 3. The Morgan fingerprint density at radius 1 is 0.938 bits per heavy atom. The molecule has 0 aliphatic heterocycles. The lowest BCUT2D eigenvalue weighted by molar-refractivity contribution is 0.102. The van der Waals surface area contributed by atoms with E-state index < -0.39 is 0 Å². The van der Waals surface area contributed by atoms with Crippen LogP contribution in [-0.4, -0.2) is 25.5 Å². The number of anilines is 1. The number of rotatable bonds is 6. The topological polar surface area (TPSA) is 64.7 Å². The maximum atomic E-state index is 12.8. The first-order chi connectivity index (χ1) is 15.3. The molecule has 0 radical (unpaired) electrons. The van der Waals surface area contributed by atoms with Crippen LogP contribution in [0.4, 0.5) is 5.82 Å². The summed E-state index contributed by atoms with van der Waals surface area (Å²) in [4.78, 5) is 12.8. The summed E-state index contributed by atoms with van der Waals surface area (Å²) in [5.41, 5.74) is 4.22. The van der Waals surface area contributed by atoms with Crippen LogP contribution in [0.2, 0.25) is 15.1 Å². The fourth-order valence-corrected chi connectivity index (χ4v) is 4.12. The lowest BCUT2D eigenvalue weighted by Gasteiger charge is -2.08. The van der Waals surface area contributed by atoms with Gasteiger partial charge in [0.05, 0.1) is 18.8 Å². The van der Waals surface area contributed by atoms with Gasteiger partial charge in [0.25, 0.3) is 5.91 Å². The number of nitrogens with zero attached hydrogens (tertiary/aromatic N) is 4. The van der Waals surface area contributed by atoms with E-state index >= 15 is 0 Å². The van der Waals surface area contributed by atoms with Crippen molar-refractivity contribution in [1.82, 2.24) is 19.6 Å². The van der Waals surface area contributed by atoms with Crippen LogP contribution in [0.25, 0.3) is 0 Å². The number of benzene rings is 2. The minimum atomic E-state index is -0.303. The van der Waals surface area contributed by atoms with Gasteiger partial charge in [0.2, 0.25) is 0 Å². The highest BCUT2D eigenvalue weighted by atomic mass is 35.5. The molecule has 0 aliphatic carbocycles. The molecule has 0 bridgehead atoms. The maximum Gasteiger partial charge on any atom is 0.256 e. The molecule has 0 atom stereocenters. The second kappa shape index (κ2) is 9.36. The van der Waals surface area contributed by atoms with Crippen molar-refractivity contribution in [3.63, 3.8) is 0 Å². The summed E-state index contributed by atoms with van der Waals surface area (Å²) in [6.07, 6.45) is 1.62. The van der Waals surface area contributed by atoms with E-state index in [0.717, 1.165) is 22.5 Å². The van der Waals surface area contributed by atoms with Crippen LogP contribution in [0, 0.1) is 13.8 Å². The molecule has 6 nitrogen and oxygen atoms in total. The Morgan fingerprint density at radius 3 is 2.34 bits per heavy atom. The van der Waals surface area contributed by atoms with Gasteiger partial charge < -0.3 is 5.32 Å². The van der Waals surface area contributed by atoms with Crippen LogP contribution in [0.5, 0.6) is 0 Å². The van der Waals surface area contributed by atoms with Crippen molar-refractivity contribution >= 4 is 46.5 Å². The minimum absolute atomic E-state index is 0.267. The number of carbonyl (C=O) groups is 1. The molecule has 0 saturated carbocycles. The van der Waals surface area contributed by atoms with Crippen LogP contribution in [0.1, 0.15) is 32.9 Å². The van der Waals surface area contributed by atoms with Gasteiger partial charge in [0, 0.05) is 33.1 Å². The highest BCUT2D eigenvalue weighted by molar-refractivity contribution is 6.36. The molecule has 2 aromatic heterocycles. The molecule has 9 heteroatoms. The first kappa shape index (κ1) is 22.4. The van der Waals surface area contributed by atoms with Crippen LogP contribution >= 0.6 is 34.8 Å². The van der Waals surface area contributed by atoms with Crippen molar-refractivity contribution in [2.75, 3.05) is 5.32 Å². The zero-order chi connectivity index (χ0) is 22.8. The Balaban J connectivity index is 1.49. The van der Waals surface area contributed by atoms with Crippen molar-refractivity contribution in [3.05, 3.63) is 97.9 Å².